The third-order valence-electron chi connectivity index (χ3n) is 2.19. The van der Waals surface area contributed by atoms with Gasteiger partial charge in [-0.3, -0.25) is 4.79 Å². The number of rotatable bonds is 6. The summed E-state index contributed by atoms with van der Waals surface area (Å²) in [6.45, 7) is 0. The maximum Gasteiger partial charge on any atom is 0.166 e. The fourth-order valence-corrected chi connectivity index (χ4v) is 1.79. The lowest BCUT2D eigenvalue weighted by molar-refractivity contribution is 0.0977. The van der Waals surface area contributed by atoms with Crippen LogP contribution in [0.5, 0.6) is 5.75 Å². The van der Waals surface area contributed by atoms with E-state index in [0.717, 1.165) is 18.2 Å². The van der Waals surface area contributed by atoms with Gasteiger partial charge in [0, 0.05) is 11.8 Å². The molecule has 2 nitrogen and oxygen atoms in total. The summed E-state index contributed by atoms with van der Waals surface area (Å²) >= 11 is 3.35. The molecule has 1 aromatic rings. The molecule has 0 unspecified atom stereocenters. The van der Waals surface area contributed by atoms with Crippen molar-refractivity contribution in [3.63, 3.8) is 0 Å². The molecule has 0 radical (unpaired) electrons. The van der Waals surface area contributed by atoms with Crippen LogP contribution in [0.25, 0.3) is 0 Å². The summed E-state index contributed by atoms with van der Waals surface area (Å²) in [4.78, 5) is 11.8. The van der Waals surface area contributed by atoms with E-state index in [9.17, 15) is 4.79 Å². The van der Waals surface area contributed by atoms with Gasteiger partial charge in [0.1, 0.15) is 5.75 Å². The number of ketones is 1. The zero-order chi connectivity index (χ0) is 11.1. The van der Waals surface area contributed by atoms with Crippen molar-refractivity contribution in [3.8, 4) is 5.75 Å². The van der Waals surface area contributed by atoms with Crippen molar-refractivity contribution in [1.29, 1.82) is 0 Å². The number of benzene rings is 1. The normalized spacial score (nSPS) is 10.0. The fourth-order valence-electron chi connectivity index (χ4n) is 1.39. The molecule has 0 aliphatic heterocycles. The number of carbonyl (C=O) groups excluding carboxylic acids is 1. The average Bonchev–Trinajstić information content (AvgIpc) is 2.29. The second-order valence-corrected chi connectivity index (χ2v) is 4.06. The van der Waals surface area contributed by atoms with Gasteiger partial charge in [-0.2, -0.15) is 0 Å². The molecule has 82 valence electrons. The smallest absolute Gasteiger partial charge is 0.166 e. The molecular formula is C12H15BrO2. The van der Waals surface area contributed by atoms with Crippen LogP contribution in [0.4, 0.5) is 0 Å². The molecule has 0 aliphatic rings. The van der Waals surface area contributed by atoms with Crippen LogP contribution in [0.15, 0.2) is 24.3 Å². The topological polar surface area (TPSA) is 26.3 Å². The molecule has 0 N–H and O–H groups in total. The summed E-state index contributed by atoms with van der Waals surface area (Å²) in [5, 5.41) is 0.951. The van der Waals surface area contributed by atoms with Gasteiger partial charge in [0.05, 0.1) is 12.7 Å². The molecule has 0 atom stereocenters. The highest BCUT2D eigenvalue weighted by Gasteiger charge is 2.10. The second kappa shape index (κ2) is 6.62. The highest BCUT2D eigenvalue weighted by molar-refractivity contribution is 9.09. The van der Waals surface area contributed by atoms with E-state index in [2.05, 4.69) is 15.9 Å². The average molecular weight is 271 g/mol. The first-order valence-corrected chi connectivity index (χ1v) is 6.14. The first-order valence-electron chi connectivity index (χ1n) is 5.01. The fraction of sp³-hybridized carbons (Fsp3) is 0.417. The van der Waals surface area contributed by atoms with Gasteiger partial charge >= 0.3 is 0 Å². The summed E-state index contributed by atoms with van der Waals surface area (Å²) in [5.74, 6) is 0.828. The lowest BCUT2D eigenvalue weighted by Crippen LogP contribution is -2.01. The van der Waals surface area contributed by atoms with Gasteiger partial charge in [-0.15, -0.1) is 0 Å². The summed E-state index contributed by atoms with van der Waals surface area (Å²) in [7, 11) is 1.59. The third-order valence-corrected chi connectivity index (χ3v) is 2.76. The van der Waals surface area contributed by atoms with Crippen molar-refractivity contribution < 1.29 is 9.53 Å². The minimum atomic E-state index is 0.161. The van der Waals surface area contributed by atoms with Crippen LogP contribution >= 0.6 is 15.9 Å². The number of hydrogen-bond acceptors (Lipinski definition) is 2. The van der Waals surface area contributed by atoms with Gasteiger partial charge in [-0.1, -0.05) is 28.1 Å². The van der Waals surface area contributed by atoms with E-state index >= 15 is 0 Å². The number of ether oxygens (including phenoxy) is 1. The zero-order valence-electron chi connectivity index (χ0n) is 8.83. The Hall–Kier alpha value is -0.830. The quantitative estimate of drug-likeness (QED) is 0.450. The Morgan fingerprint density at radius 1 is 1.33 bits per heavy atom. The van der Waals surface area contributed by atoms with Crippen LogP contribution < -0.4 is 4.74 Å². The Bertz CT molecular complexity index is 323. The van der Waals surface area contributed by atoms with E-state index in [1.165, 1.54) is 0 Å². The molecule has 0 bridgehead atoms. The van der Waals surface area contributed by atoms with Gasteiger partial charge in [0.25, 0.3) is 0 Å². The number of halogens is 1. The molecule has 0 heterocycles. The first-order chi connectivity index (χ1) is 7.29. The number of carbonyl (C=O) groups is 1. The van der Waals surface area contributed by atoms with Gasteiger partial charge in [-0.05, 0) is 25.0 Å². The summed E-state index contributed by atoms with van der Waals surface area (Å²) in [6, 6.07) is 7.36. The molecule has 0 fully saturated rings. The Balaban J connectivity index is 2.64. The monoisotopic (exact) mass is 270 g/mol. The molecule has 0 saturated carbocycles. The summed E-state index contributed by atoms with van der Waals surface area (Å²) in [5.41, 5.74) is 0.689. The highest BCUT2D eigenvalue weighted by atomic mass is 79.9. The molecule has 0 aliphatic carbocycles. The van der Waals surface area contributed by atoms with E-state index in [0.29, 0.717) is 17.7 Å². The van der Waals surface area contributed by atoms with Crippen molar-refractivity contribution >= 4 is 21.7 Å². The molecule has 15 heavy (non-hydrogen) atoms. The number of alkyl halides is 1. The molecule has 1 rings (SSSR count). The van der Waals surface area contributed by atoms with Crippen LogP contribution in [0, 0.1) is 0 Å². The van der Waals surface area contributed by atoms with Crippen LogP contribution in [-0.4, -0.2) is 18.2 Å². The van der Waals surface area contributed by atoms with Crippen molar-refractivity contribution in [2.45, 2.75) is 19.3 Å². The van der Waals surface area contributed by atoms with Crippen LogP contribution in [0.1, 0.15) is 29.6 Å². The molecule has 3 heteroatoms. The SMILES string of the molecule is COc1ccccc1C(=O)CCCCBr. The lowest BCUT2D eigenvalue weighted by atomic mass is 10.0. The predicted molar refractivity (Wildman–Crippen MR) is 65.0 cm³/mol. The van der Waals surface area contributed by atoms with Crippen LogP contribution in [-0.2, 0) is 0 Å². The Kier molecular flexibility index (Phi) is 5.40. The summed E-state index contributed by atoms with van der Waals surface area (Å²) in [6.07, 6.45) is 2.54. The maximum absolute atomic E-state index is 11.8. The predicted octanol–water partition coefficient (Wildman–Crippen LogP) is 3.44. The number of unbranched alkanes of at least 4 members (excludes halogenated alkanes) is 1. The lowest BCUT2D eigenvalue weighted by Gasteiger charge is -2.06. The van der Waals surface area contributed by atoms with E-state index in [1.54, 1.807) is 7.11 Å². The summed E-state index contributed by atoms with van der Waals surface area (Å²) < 4.78 is 5.14. The minimum Gasteiger partial charge on any atom is -0.496 e. The van der Waals surface area contributed by atoms with Gasteiger partial charge in [0.2, 0.25) is 0 Å². The van der Waals surface area contributed by atoms with Crippen molar-refractivity contribution in [3.05, 3.63) is 29.8 Å². The van der Waals surface area contributed by atoms with Crippen LogP contribution in [0.2, 0.25) is 0 Å². The third kappa shape index (κ3) is 3.67. The van der Waals surface area contributed by atoms with E-state index < -0.39 is 0 Å². The molecule has 0 saturated heterocycles. The number of Topliss-reactive ketones (excluding diaryl/α,β-unsaturated/α-hetero) is 1. The Morgan fingerprint density at radius 2 is 2.07 bits per heavy atom. The molecule has 0 spiro atoms. The van der Waals surface area contributed by atoms with Crippen molar-refractivity contribution in [2.24, 2.45) is 0 Å². The van der Waals surface area contributed by atoms with Crippen LogP contribution in [0.3, 0.4) is 0 Å². The van der Waals surface area contributed by atoms with E-state index in [1.807, 2.05) is 24.3 Å². The molecule has 0 amide bonds. The Labute approximate surface area is 98.8 Å². The van der Waals surface area contributed by atoms with Crippen molar-refractivity contribution in [2.75, 3.05) is 12.4 Å². The first kappa shape index (κ1) is 12.2. The largest absolute Gasteiger partial charge is 0.496 e. The molecule has 1 aromatic carbocycles. The number of hydrogen-bond donors (Lipinski definition) is 0. The second-order valence-electron chi connectivity index (χ2n) is 3.27. The van der Waals surface area contributed by atoms with E-state index in [-0.39, 0.29) is 5.78 Å². The molecular weight excluding hydrogens is 256 g/mol. The zero-order valence-corrected chi connectivity index (χ0v) is 10.4. The molecule has 0 aromatic heterocycles. The Morgan fingerprint density at radius 3 is 2.73 bits per heavy atom. The number of para-hydroxylation sites is 1. The van der Waals surface area contributed by atoms with E-state index in [4.69, 9.17) is 4.74 Å². The number of methoxy groups -OCH3 is 1. The minimum absolute atomic E-state index is 0.161. The van der Waals surface area contributed by atoms with Gasteiger partial charge in [-0.25, -0.2) is 0 Å². The van der Waals surface area contributed by atoms with Gasteiger partial charge < -0.3 is 4.74 Å². The van der Waals surface area contributed by atoms with Crippen molar-refractivity contribution in [1.82, 2.24) is 0 Å². The van der Waals surface area contributed by atoms with Gasteiger partial charge in [0.15, 0.2) is 5.78 Å². The maximum atomic E-state index is 11.8. The highest BCUT2D eigenvalue weighted by Crippen LogP contribution is 2.19. The standard InChI is InChI=1S/C12H15BrO2/c1-15-12-8-3-2-6-10(12)11(14)7-4-5-9-13/h2-3,6,8H,4-5,7,9H2,1H3.